The van der Waals surface area contributed by atoms with Gasteiger partial charge in [0.15, 0.2) is 5.78 Å². The van der Waals surface area contributed by atoms with Crippen molar-refractivity contribution in [3.8, 4) is 0 Å². The van der Waals surface area contributed by atoms with Crippen LogP contribution in [0.15, 0.2) is 11.6 Å². The summed E-state index contributed by atoms with van der Waals surface area (Å²) in [5.41, 5.74) is 6.10. The van der Waals surface area contributed by atoms with Crippen molar-refractivity contribution in [2.45, 2.75) is 38.5 Å². The molecule has 0 aliphatic heterocycles. The third-order valence-corrected chi connectivity index (χ3v) is 5.00. The quantitative estimate of drug-likeness (QED) is 0.774. The van der Waals surface area contributed by atoms with E-state index in [0.29, 0.717) is 12.0 Å². The number of rotatable bonds is 1. The van der Waals surface area contributed by atoms with Crippen LogP contribution in [-0.4, -0.2) is 17.5 Å². The smallest absolute Gasteiger partial charge is 0.221 e. The minimum Gasteiger partial charge on any atom is -0.369 e. The van der Waals surface area contributed by atoms with E-state index in [-0.39, 0.29) is 23.4 Å². The van der Waals surface area contributed by atoms with Crippen LogP contribution in [0.2, 0.25) is 0 Å². The Hall–Kier alpha value is -1.45. The van der Waals surface area contributed by atoms with Gasteiger partial charge in [-0.15, -0.1) is 0 Å². The summed E-state index contributed by atoms with van der Waals surface area (Å²) in [6.45, 7) is 0. The molecule has 2 N–H and O–H groups in total. The average molecular weight is 261 g/mol. The monoisotopic (exact) mass is 261 g/mol. The van der Waals surface area contributed by atoms with Crippen molar-refractivity contribution < 1.29 is 14.4 Å². The van der Waals surface area contributed by atoms with Gasteiger partial charge < -0.3 is 5.73 Å². The normalized spacial score (nSPS) is 38.2. The fourth-order valence-corrected chi connectivity index (χ4v) is 4.10. The van der Waals surface area contributed by atoms with Gasteiger partial charge in [0.1, 0.15) is 5.78 Å². The molecule has 4 heteroatoms. The second-order valence-corrected chi connectivity index (χ2v) is 5.98. The summed E-state index contributed by atoms with van der Waals surface area (Å²) in [6.07, 6.45) is 6.75. The van der Waals surface area contributed by atoms with Crippen LogP contribution in [0.1, 0.15) is 38.5 Å². The van der Waals surface area contributed by atoms with Crippen LogP contribution in [0.25, 0.3) is 0 Å². The molecule has 0 saturated heterocycles. The molecule has 3 rings (SSSR count). The van der Waals surface area contributed by atoms with Crippen LogP contribution >= 0.6 is 0 Å². The van der Waals surface area contributed by atoms with Crippen molar-refractivity contribution in [1.29, 1.82) is 0 Å². The molecule has 0 aromatic rings. The molecule has 0 aromatic carbocycles. The van der Waals surface area contributed by atoms with Crippen molar-refractivity contribution >= 4 is 17.5 Å². The summed E-state index contributed by atoms with van der Waals surface area (Å²) in [4.78, 5) is 36.7. The van der Waals surface area contributed by atoms with E-state index in [9.17, 15) is 14.4 Å². The number of allylic oxidation sites excluding steroid dienone is 2. The lowest BCUT2D eigenvalue weighted by Crippen LogP contribution is -2.51. The van der Waals surface area contributed by atoms with E-state index < -0.39 is 17.7 Å². The topological polar surface area (TPSA) is 77.2 Å². The van der Waals surface area contributed by atoms with Crippen LogP contribution in [0, 0.1) is 23.7 Å². The number of nitrogens with two attached hydrogens (primary N) is 1. The second kappa shape index (κ2) is 4.58. The Bertz CT molecular complexity index is 480. The first-order valence-electron chi connectivity index (χ1n) is 7.18. The highest BCUT2D eigenvalue weighted by atomic mass is 16.2. The first kappa shape index (κ1) is 12.6. The van der Waals surface area contributed by atoms with Gasteiger partial charge in [0, 0.05) is 29.2 Å². The summed E-state index contributed by atoms with van der Waals surface area (Å²) < 4.78 is 0. The summed E-state index contributed by atoms with van der Waals surface area (Å²) >= 11 is 0. The Morgan fingerprint density at radius 1 is 1.16 bits per heavy atom. The predicted octanol–water partition coefficient (Wildman–Crippen LogP) is 1.38. The molecular formula is C15H19NO3. The lowest BCUT2D eigenvalue weighted by molar-refractivity contribution is -0.145. The number of hydrogen-bond acceptors (Lipinski definition) is 3. The zero-order chi connectivity index (χ0) is 13.6. The molecular weight excluding hydrogens is 242 g/mol. The van der Waals surface area contributed by atoms with E-state index in [4.69, 9.17) is 5.73 Å². The Morgan fingerprint density at radius 2 is 1.95 bits per heavy atom. The SMILES string of the molecule is NC(=O)C1CCCC2C(=O)C3CCCC=C3C(=O)C12. The lowest BCUT2D eigenvalue weighted by atomic mass is 9.58. The number of primary amides is 1. The Balaban J connectivity index is 2.00. The molecule has 0 radical (unpaired) electrons. The van der Waals surface area contributed by atoms with Gasteiger partial charge in [-0.25, -0.2) is 0 Å². The van der Waals surface area contributed by atoms with Crippen molar-refractivity contribution in [2.24, 2.45) is 29.4 Å². The molecule has 19 heavy (non-hydrogen) atoms. The molecule has 0 spiro atoms. The highest BCUT2D eigenvalue weighted by Gasteiger charge is 2.51. The van der Waals surface area contributed by atoms with Crippen molar-refractivity contribution in [1.82, 2.24) is 0 Å². The van der Waals surface area contributed by atoms with Gasteiger partial charge >= 0.3 is 0 Å². The van der Waals surface area contributed by atoms with Crippen LogP contribution in [0.3, 0.4) is 0 Å². The third-order valence-electron chi connectivity index (χ3n) is 5.00. The van der Waals surface area contributed by atoms with Gasteiger partial charge in [-0.2, -0.15) is 0 Å². The van der Waals surface area contributed by atoms with E-state index in [1.165, 1.54) is 0 Å². The number of amides is 1. The standard InChI is InChI=1S/C15H19NO3/c16-15(19)11-7-3-6-10-12(11)14(18)9-5-2-1-4-8(9)13(10)17/h5,8,10-12H,1-4,6-7H2,(H2,16,19). The fourth-order valence-electron chi connectivity index (χ4n) is 4.10. The molecule has 0 heterocycles. The first-order chi connectivity index (χ1) is 9.11. The largest absolute Gasteiger partial charge is 0.369 e. The number of carbonyl (C=O) groups is 3. The number of ketones is 2. The minimum atomic E-state index is -0.473. The maximum absolute atomic E-state index is 12.6. The van der Waals surface area contributed by atoms with E-state index in [2.05, 4.69) is 0 Å². The molecule has 4 nitrogen and oxygen atoms in total. The number of carbonyl (C=O) groups excluding carboxylic acids is 3. The van der Waals surface area contributed by atoms with Crippen molar-refractivity contribution in [3.05, 3.63) is 11.6 Å². The van der Waals surface area contributed by atoms with E-state index in [0.717, 1.165) is 32.1 Å². The van der Waals surface area contributed by atoms with E-state index >= 15 is 0 Å². The highest BCUT2D eigenvalue weighted by Crippen LogP contribution is 2.46. The van der Waals surface area contributed by atoms with Gasteiger partial charge in [0.05, 0.1) is 0 Å². The maximum atomic E-state index is 12.6. The summed E-state index contributed by atoms with van der Waals surface area (Å²) in [7, 11) is 0. The van der Waals surface area contributed by atoms with Crippen LogP contribution in [0.5, 0.6) is 0 Å². The van der Waals surface area contributed by atoms with Gasteiger partial charge in [-0.3, -0.25) is 14.4 Å². The summed E-state index contributed by atoms with van der Waals surface area (Å²) in [5, 5.41) is 0. The molecule has 102 valence electrons. The van der Waals surface area contributed by atoms with Crippen molar-refractivity contribution in [2.75, 3.05) is 0 Å². The van der Waals surface area contributed by atoms with Crippen molar-refractivity contribution in [3.63, 3.8) is 0 Å². The Morgan fingerprint density at radius 3 is 2.68 bits per heavy atom. The van der Waals surface area contributed by atoms with Gasteiger partial charge in [-0.05, 0) is 32.1 Å². The van der Waals surface area contributed by atoms with Crippen LogP contribution in [-0.2, 0) is 14.4 Å². The minimum absolute atomic E-state index is 0.0257. The first-order valence-corrected chi connectivity index (χ1v) is 7.18. The molecule has 2 fully saturated rings. The third kappa shape index (κ3) is 1.85. The lowest BCUT2D eigenvalue weighted by Gasteiger charge is -2.42. The molecule has 4 unspecified atom stereocenters. The molecule has 3 aliphatic rings. The fraction of sp³-hybridized carbons (Fsp3) is 0.667. The molecule has 1 amide bonds. The zero-order valence-electron chi connectivity index (χ0n) is 10.9. The molecule has 2 saturated carbocycles. The summed E-state index contributed by atoms with van der Waals surface area (Å²) in [6, 6.07) is 0. The molecule has 3 aliphatic carbocycles. The molecule has 0 aromatic heterocycles. The molecule has 4 atom stereocenters. The Kier molecular flexibility index (Phi) is 3.03. The van der Waals surface area contributed by atoms with E-state index in [1.807, 2.05) is 6.08 Å². The summed E-state index contributed by atoms with van der Waals surface area (Å²) in [5.74, 6) is -1.60. The van der Waals surface area contributed by atoms with Gasteiger partial charge in [-0.1, -0.05) is 12.5 Å². The molecule has 0 bridgehead atoms. The number of Topliss-reactive ketones (excluding diaryl/α,β-unsaturated/α-hetero) is 2. The van der Waals surface area contributed by atoms with Crippen LogP contribution < -0.4 is 5.73 Å². The predicted molar refractivity (Wildman–Crippen MR) is 69.0 cm³/mol. The van der Waals surface area contributed by atoms with Crippen LogP contribution in [0.4, 0.5) is 0 Å². The Labute approximate surface area is 112 Å². The maximum Gasteiger partial charge on any atom is 0.221 e. The zero-order valence-corrected chi connectivity index (χ0v) is 10.9. The average Bonchev–Trinajstić information content (AvgIpc) is 2.44. The number of hydrogen-bond donors (Lipinski definition) is 1. The van der Waals surface area contributed by atoms with Gasteiger partial charge in [0.2, 0.25) is 5.91 Å². The highest BCUT2D eigenvalue weighted by molar-refractivity contribution is 6.11. The second-order valence-electron chi connectivity index (χ2n) is 5.98. The van der Waals surface area contributed by atoms with Gasteiger partial charge in [0.25, 0.3) is 0 Å². The van der Waals surface area contributed by atoms with E-state index in [1.54, 1.807) is 0 Å². The number of fused-ring (bicyclic) bond motifs is 2.